The van der Waals surface area contributed by atoms with Crippen molar-refractivity contribution in [2.45, 2.75) is 0 Å². The molecule has 238 valence electrons. The summed E-state index contributed by atoms with van der Waals surface area (Å²) in [6.45, 7) is 0. The summed E-state index contributed by atoms with van der Waals surface area (Å²) in [7, 11) is 0. The number of aromatic nitrogens is 2. The zero-order valence-corrected chi connectivity index (χ0v) is 28.2. The molecule has 0 N–H and O–H groups in total. The van der Waals surface area contributed by atoms with E-state index in [0.29, 0.717) is 0 Å². The van der Waals surface area contributed by atoms with Gasteiger partial charge in [-0.15, -0.1) is 11.3 Å². The van der Waals surface area contributed by atoms with Crippen LogP contribution in [0.1, 0.15) is 0 Å². The van der Waals surface area contributed by atoms with Crippen LogP contribution in [-0.2, 0) is 0 Å². The molecular formula is C47H28N2OS. The number of furan rings is 1. The van der Waals surface area contributed by atoms with Crippen molar-refractivity contribution in [2.75, 3.05) is 0 Å². The molecule has 0 saturated heterocycles. The zero-order chi connectivity index (χ0) is 33.5. The molecule has 0 fully saturated rings. The first-order valence-corrected chi connectivity index (χ1v) is 18.0. The van der Waals surface area contributed by atoms with E-state index in [1.807, 2.05) is 0 Å². The molecule has 0 amide bonds. The van der Waals surface area contributed by atoms with Gasteiger partial charge in [0, 0.05) is 27.4 Å². The van der Waals surface area contributed by atoms with E-state index in [1.54, 1.807) is 11.3 Å². The highest BCUT2D eigenvalue weighted by Crippen LogP contribution is 2.42. The number of fused-ring (bicyclic) bond motifs is 9. The van der Waals surface area contributed by atoms with Gasteiger partial charge in [-0.1, -0.05) is 115 Å². The van der Waals surface area contributed by atoms with E-state index in [4.69, 9.17) is 9.40 Å². The number of rotatable bonds is 4. The minimum absolute atomic E-state index is 0.864. The second kappa shape index (κ2) is 11.0. The average molecular weight is 669 g/mol. The highest BCUT2D eigenvalue weighted by Gasteiger charge is 2.18. The summed E-state index contributed by atoms with van der Waals surface area (Å²) in [6, 6.07) is 60.7. The maximum Gasteiger partial charge on any atom is 0.137 e. The van der Waals surface area contributed by atoms with Gasteiger partial charge in [-0.05, 0) is 87.6 Å². The topological polar surface area (TPSA) is 31.0 Å². The summed E-state index contributed by atoms with van der Waals surface area (Å²) in [6.07, 6.45) is 0. The molecule has 0 saturated carbocycles. The molecule has 0 unspecified atom stereocenters. The highest BCUT2D eigenvalue weighted by molar-refractivity contribution is 7.21. The Kier molecular flexibility index (Phi) is 6.12. The van der Waals surface area contributed by atoms with Gasteiger partial charge < -0.3 is 8.98 Å². The molecular weight excluding hydrogens is 641 g/mol. The summed E-state index contributed by atoms with van der Waals surface area (Å²) < 4.78 is 9.97. The lowest BCUT2D eigenvalue weighted by atomic mass is 9.98. The van der Waals surface area contributed by atoms with Crippen molar-refractivity contribution in [2.24, 2.45) is 0 Å². The summed E-state index contributed by atoms with van der Waals surface area (Å²) in [5.74, 6) is 0. The third-order valence-electron chi connectivity index (χ3n) is 10.2. The van der Waals surface area contributed by atoms with E-state index in [-0.39, 0.29) is 0 Å². The van der Waals surface area contributed by atoms with Gasteiger partial charge in [0.05, 0.1) is 26.6 Å². The van der Waals surface area contributed by atoms with E-state index in [9.17, 15) is 0 Å². The molecule has 0 aliphatic carbocycles. The normalized spacial score (nSPS) is 11.9. The molecule has 3 heterocycles. The van der Waals surface area contributed by atoms with Crippen LogP contribution in [0, 0.1) is 0 Å². The highest BCUT2D eigenvalue weighted by atomic mass is 32.1. The molecule has 11 aromatic rings. The lowest BCUT2D eigenvalue weighted by Crippen LogP contribution is -1.92. The Morgan fingerprint density at radius 2 is 1.20 bits per heavy atom. The van der Waals surface area contributed by atoms with Gasteiger partial charge in [0.1, 0.15) is 16.2 Å². The van der Waals surface area contributed by atoms with Crippen LogP contribution in [0.2, 0.25) is 0 Å². The van der Waals surface area contributed by atoms with Gasteiger partial charge in [-0.25, -0.2) is 4.98 Å². The first-order chi connectivity index (χ1) is 25.3. The maximum atomic E-state index is 6.45. The Balaban J connectivity index is 0.989. The van der Waals surface area contributed by atoms with E-state index in [2.05, 4.69) is 174 Å². The van der Waals surface area contributed by atoms with Gasteiger partial charge >= 0.3 is 0 Å². The molecule has 0 aliphatic rings. The van der Waals surface area contributed by atoms with Gasteiger partial charge in [-0.3, -0.25) is 0 Å². The fourth-order valence-corrected chi connectivity index (χ4v) is 8.81. The van der Waals surface area contributed by atoms with Crippen molar-refractivity contribution in [1.29, 1.82) is 0 Å². The van der Waals surface area contributed by atoms with Crippen molar-refractivity contribution in [3.05, 3.63) is 170 Å². The second-order valence-electron chi connectivity index (χ2n) is 13.1. The van der Waals surface area contributed by atoms with Crippen LogP contribution >= 0.6 is 11.3 Å². The fourth-order valence-electron chi connectivity index (χ4n) is 7.83. The molecule has 0 spiro atoms. The van der Waals surface area contributed by atoms with Crippen molar-refractivity contribution < 1.29 is 4.42 Å². The summed E-state index contributed by atoms with van der Waals surface area (Å²) >= 11 is 1.73. The SMILES string of the molecule is c1ccc(-n2c3ccccc3c3c(-c4ccc(-c5nc6c(ccc7oc8cc(-c9ccc%10ccccc%10c9)ccc8c76)s5)cc4)cccc32)cc1. The van der Waals surface area contributed by atoms with Crippen LogP contribution in [0.4, 0.5) is 0 Å². The van der Waals surface area contributed by atoms with Crippen molar-refractivity contribution >= 4 is 76.1 Å². The summed E-state index contributed by atoms with van der Waals surface area (Å²) in [5, 5.41) is 8.17. The molecule has 0 aliphatic heterocycles. The Hall–Kier alpha value is -6.49. The Morgan fingerprint density at radius 3 is 2.10 bits per heavy atom. The Labute approximate surface area is 297 Å². The van der Waals surface area contributed by atoms with Crippen molar-refractivity contribution in [3.8, 4) is 38.5 Å². The fraction of sp³-hybridized carbons (Fsp3) is 0. The smallest absolute Gasteiger partial charge is 0.137 e. The van der Waals surface area contributed by atoms with E-state index in [1.165, 1.54) is 49.3 Å². The van der Waals surface area contributed by atoms with Crippen molar-refractivity contribution in [3.63, 3.8) is 0 Å². The van der Waals surface area contributed by atoms with E-state index >= 15 is 0 Å². The molecule has 0 radical (unpaired) electrons. The summed E-state index contributed by atoms with van der Waals surface area (Å²) in [4.78, 5) is 5.23. The molecule has 4 heteroatoms. The van der Waals surface area contributed by atoms with Gasteiger partial charge in [0.15, 0.2) is 0 Å². The van der Waals surface area contributed by atoms with Crippen LogP contribution in [0.3, 0.4) is 0 Å². The number of hydrogen-bond donors (Lipinski definition) is 0. The summed E-state index contributed by atoms with van der Waals surface area (Å²) in [5.41, 5.74) is 12.2. The van der Waals surface area contributed by atoms with E-state index in [0.717, 1.165) is 54.0 Å². The molecule has 0 bridgehead atoms. The average Bonchev–Trinajstić information content (AvgIpc) is 3.89. The molecule has 3 nitrogen and oxygen atoms in total. The van der Waals surface area contributed by atoms with Crippen molar-refractivity contribution in [1.82, 2.24) is 9.55 Å². The van der Waals surface area contributed by atoms with E-state index < -0.39 is 0 Å². The number of hydrogen-bond acceptors (Lipinski definition) is 3. The first-order valence-electron chi connectivity index (χ1n) is 17.2. The lowest BCUT2D eigenvalue weighted by Gasteiger charge is -2.09. The predicted octanol–water partition coefficient (Wildman–Crippen LogP) is 13.4. The molecule has 3 aromatic heterocycles. The van der Waals surface area contributed by atoms with Crippen LogP contribution in [0.25, 0.3) is 103 Å². The quantitative estimate of drug-likeness (QED) is 0.187. The minimum Gasteiger partial charge on any atom is -0.456 e. The largest absolute Gasteiger partial charge is 0.456 e. The predicted molar refractivity (Wildman–Crippen MR) is 215 cm³/mol. The van der Waals surface area contributed by atoms with Gasteiger partial charge in [0.2, 0.25) is 0 Å². The Bertz CT molecular complexity index is 3130. The lowest BCUT2D eigenvalue weighted by molar-refractivity contribution is 0.669. The van der Waals surface area contributed by atoms with Gasteiger partial charge in [-0.2, -0.15) is 0 Å². The number of nitrogens with zero attached hydrogens (tertiary/aromatic N) is 2. The van der Waals surface area contributed by atoms with Crippen LogP contribution < -0.4 is 0 Å². The third kappa shape index (κ3) is 4.40. The maximum absolute atomic E-state index is 6.45. The second-order valence-corrected chi connectivity index (χ2v) is 14.2. The van der Waals surface area contributed by atoms with Crippen LogP contribution in [0.5, 0.6) is 0 Å². The first kappa shape index (κ1) is 28.4. The van der Waals surface area contributed by atoms with Gasteiger partial charge in [0.25, 0.3) is 0 Å². The molecule has 0 atom stereocenters. The standard InChI is InChI=1S/C47H28N2OS/c1-2-11-35(12-3-1)49-39-15-7-6-13-37(39)44-36(14-8-16-40(44)49)30-18-20-31(21-19-30)47-48-46-43(51-47)26-25-41-45(46)38-24-23-34(28-42(38)50-41)33-22-17-29-9-4-5-10-32(29)27-33/h1-28H. The van der Waals surface area contributed by atoms with Crippen LogP contribution in [-0.4, -0.2) is 9.55 Å². The number of benzene rings is 8. The number of thiazole rings is 1. The molecule has 8 aromatic carbocycles. The van der Waals surface area contributed by atoms with Crippen LogP contribution in [0.15, 0.2) is 174 Å². The number of para-hydroxylation sites is 2. The molecule has 51 heavy (non-hydrogen) atoms. The monoisotopic (exact) mass is 668 g/mol. The zero-order valence-electron chi connectivity index (χ0n) is 27.4. The minimum atomic E-state index is 0.864. The Morgan fingerprint density at radius 1 is 0.471 bits per heavy atom. The third-order valence-corrected chi connectivity index (χ3v) is 11.3. The molecule has 11 rings (SSSR count).